The number of rotatable bonds is 7. The molecule has 0 bridgehead atoms. The van der Waals surface area contributed by atoms with Gasteiger partial charge in [-0.25, -0.2) is 0 Å². The van der Waals surface area contributed by atoms with E-state index < -0.39 is 10.8 Å². The van der Waals surface area contributed by atoms with Gasteiger partial charge in [0.15, 0.2) is 0 Å². The molecule has 0 saturated carbocycles. The minimum atomic E-state index is -0.597. The maximum absolute atomic E-state index is 2.52. The van der Waals surface area contributed by atoms with Crippen LogP contribution in [-0.2, 0) is 16.2 Å². The van der Waals surface area contributed by atoms with Crippen molar-refractivity contribution in [2.24, 2.45) is 0 Å². The van der Waals surface area contributed by atoms with Gasteiger partial charge in [0.2, 0.25) is 0 Å². The monoisotopic (exact) mass is 966 g/mol. The highest BCUT2D eigenvalue weighted by Crippen LogP contribution is 2.60. The van der Waals surface area contributed by atoms with Crippen molar-refractivity contribution in [3.63, 3.8) is 0 Å². The van der Waals surface area contributed by atoms with Gasteiger partial charge in [-0.1, -0.05) is 269 Å². The van der Waals surface area contributed by atoms with Gasteiger partial charge in [-0.05, 0) is 168 Å². The van der Waals surface area contributed by atoms with E-state index in [1.165, 1.54) is 138 Å². The summed E-state index contributed by atoms with van der Waals surface area (Å²) in [6.45, 7) is 6.92. The van der Waals surface area contributed by atoms with Crippen LogP contribution in [0.3, 0.4) is 0 Å². The van der Waals surface area contributed by atoms with E-state index in [0.29, 0.717) is 0 Å². The molecule has 13 aromatic carbocycles. The second kappa shape index (κ2) is 16.7. The molecule has 0 atom stereocenters. The Morgan fingerprint density at radius 1 is 0.250 bits per heavy atom. The second-order valence-electron chi connectivity index (χ2n) is 22.3. The molecule has 358 valence electrons. The maximum Gasteiger partial charge on any atom is 0.0713 e. The first-order chi connectivity index (χ1) is 37.3. The Labute approximate surface area is 445 Å². The molecule has 0 aliphatic heterocycles. The third-order valence-electron chi connectivity index (χ3n) is 17.3. The highest BCUT2D eigenvalue weighted by Gasteiger charge is 2.48. The number of fused-ring (bicyclic) bond motifs is 6. The van der Waals surface area contributed by atoms with Crippen LogP contribution in [0.15, 0.2) is 273 Å². The highest BCUT2D eigenvalue weighted by molar-refractivity contribution is 6.25. The Hall–Kier alpha value is -9.10. The van der Waals surface area contributed by atoms with E-state index in [-0.39, 0.29) is 5.41 Å². The molecule has 0 radical (unpaired) electrons. The maximum atomic E-state index is 2.52. The molecule has 2 aliphatic carbocycles. The van der Waals surface area contributed by atoms with Crippen LogP contribution in [0.1, 0.15) is 70.8 Å². The van der Waals surface area contributed by atoms with Gasteiger partial charge in [-0.3, -0.25) is 0 Å². The van der Waals surface area contributed by atoms with E-state index in [1.807, 2.05) is 0 Å². The van der Waals surface area contributed by atoms with Gasteiger partial charge in [-0.15, -0.1) is 0 Å². The molecule has 0 spiro atoms. The molecule has 0 aromatic heterocycles. The number of hydrogen-bond donors (Lipinski definition) is 0. The SMILES string of the molecule is CC(C)(C)c1cc2ccc3ccc(-c4cccc(-c5ccc6c(c5)C(c5ccccc5)(c5ccccc5)c5cc(-c7ccc8c(c7)C(c7ccccc7)(c7ccccc7)c7ccccc7-8)ccc5-6)c4)c4ccc(c1)c2c34. The first-order valence-electron chi connectivity index (χ1n) is 26.9. The molecule has 0 amide bonds. The van der Waals surface area contributed by atoms with Crippen LogP contribution in [0.4, 0.5) is 0 Å². The van der Waals surface area contributed by atoms with Crippen molar-refractivity contribution in [2.45, 2.75) is 37.0 Å². The van der Waals surface area contributed by atoms with E-state index in [2.05, 4.69) is 294 Å². The number of benzene rings is 13. The zero-order valence-electron chi connectivity index (χ0n) is 43.0. The summed E-state index contributed by atoms with van der Waals surface area (Å²) in [6, 6.07) is 104. The Morgan fingerprint density at radius 3 is 1.13 bits per heavy atom. The molecule has 0 unspecified atom stereocenters. The van der Waals surface area contributed by atoms with Crippen molar-refractivity contribution in [1.29, 1.82) is 0 Å². The van der Waals surface area contributed by atoms with Crippen molar-refractivity contribution < 1.29 is 0 Å². The Kier molecular flexibility index (Phi) is 9.76. The van der Waals surface area contributed by atoms with Gasteiger partial charge in [0, 0.05) is 0 Å². The van der Waals surface area contributed by atoms with Gasteiger partial charge >= 0.3 is 0 Å². The van der Waals surface area contributed by atoms with E-state index in [9.17, 15) is 0 Å². The van der Waals surface area contributed by atoms with Crippen LogP contribution < -0.4 is 0 Å². The lowest BCUT2D eigenvalue weighted by atomic mass is 9.67. The van der Waals surface area contributed by atoms with E-state index >= 15 is 0 Å². The summed E-state index contributed by atoms with van der Waals surface area (Å²) in [6.07, 6.45) is 0. The largest absolute Gasteiger partial charge is 0.0713 e. The molecule has 0 saturated heterocycles. The van der Waals surface area contributed by atoms with E-state index in [4.69, 9.17) is 0 Å². The topological polar surface area (TPSA) is 0 Å². The van der Waals surface area contributed by atoms with Crippen molar-refractivity contribution in [3.05, 3.63) is 323 Å². The molecule has 15 rings (SSSR count). The van der Waals surface area contributed by atoms with Crippen LogP contribution >= 0.6 is 0 Å². The van der Waals surface area contributed by atoms with Crippen molar-refractivity contribution in [1.82, 2.24) is 0 Å². The third kappa shape index (κ3) is 6.37. The fourth-order valence-electron chi connectivity index (χ4n) is 13.8. The molecule has 13 aromatic rings. The molecule has 2 aliphatic rings. The molecule has 0 heterocycles. The average Bonchev–Trinajstić information content (AvgIpc) is 4.15. The third-order valence-corrected chi connectivity index (χ3v) is 17.3. The summed E-state index contributed by atoms with van der Waals surface area (Å²) >= 11 is 0. The van der Waals surface area contributed by atoms with Crippen LogP contribution in [0.2, 0.25) is 0 Å². The fraction of sp³-hybridized carbons (Fsp3) is 0.0789. The Morgan fingerprint density at radius 2 is 0.632 bits per heavy atom. The summed E-state index contributed by atoms with van der Waals surface area (Å²) in [7, 11) is 0. The van der Waals surface area contributed by atoms with Crippen molar-refractivity contribution in [3.8, 4) is 55.6 Å². The quantitative estimate of drug-likeness (QED) is 0.140. The molecule has 0 heteroatoms. The summed E-state index contributed by atoms with van der Waals surface area (Å²) in [5.74, 6) is 0. The minimum absolute atomic E-state index is 0.0677. The Balaban J connectivity index is 0.902. The van der Waals surface area contributed by atoms with Gasteiger partial charge in [0.1, 0.15) is 0 Å². The van der Waals surface area contributed by atoms with Crippen LogP contribution in [0.5, 0.6) is 0 Å². The summed E-state index contributed by atoms with van der Waals surface area (Å²) in [5.41, 5.74) is 23.0. The lowest BCUT2D eigenvalue weighted by Gasteiger charge is -2.34. The van der Waals surface area contributed by atoms with Gasteiger partial charge in [-0.2, -0.15) is 0 Å². The van der Waals surface area contributed by atoms with Crippen molar-refractivity contribution >= 4 is 32.3 Å². The highest BCUT2D eigenvalue weighted by atomic mass is 14.5. The molecule has 0 N–H and O–H groups in total. The minimum Gasteiger partial charge on any atom is -0.0622 e. The van der Waals surface area contributed by atoms with Crippen LogP contribution in [0.25, 0.3) is 88.0 Å². The molecule has 0 fully saturated rings. The second-order valence-corrected chi connectivity index (χ2v) is 22.3. The zero-order valence-corrected chi connectivity index (χ0v) is 43.0. The Bertz CT molecular complexity index is 4310. The normalized spacial score (nSPS) is 13.9. The van der Waals surface area contributed by atoms with E-state index in [0.717, 1.165) is 0 Å². The molecule has 76 heavy (non-hydrogen) atoms. The predicted molar refractivity (Wildman–Crippen MR) is 320 cm³/mol. The summed E-state index contributed by atoms with van der Waals surface area (Å²) in [4.78, 5) is 0. The first kappa shape index (κ1) is 44.4. The molecular weight excluding hydrogens is 913 g/mol. The fourth-order valence-corrected chi connectivity index (χ4v) is 13.8. The van der Waals surface area contributed by atoms with Gasteiger partial charge < -0.3 is 0 Å². The lowest BCUT2D eigenvalue weighted by molar-refractivity contribution is 0.591. The van der Waals surface area contributed by atoms with Gasteiger partial charge in [0.25, 0.3) is 0 Å². The zero-order chi connectivity index (χ0) is 50.8. The summed E-state index contributed by atoms with van der Waals surface area (Å²) in [5, 5.41) is 7.90. The predicted octanol–water partition coefficient (Wildman–Crippen LogP) is 19.6. The first-order valence-corrected chi connectivity index (χ1v) is 26.9. The molecular formula is C76H54. The smallest absolute Gasteiger partial charge is 0.0622 e. The van der Waals surface area contributed by atoms with Crippen molar-refractivity contribution in [2.75, 3.05) is 0 Å². The lowest BCUT2D eigenvalue weighted by Crippen LogP contribution is -2.28. The average molecular weight is 967 g/mol. The van der Waals surface area contributed by atoms with Crippen LogP contribution in [0, 0.1) is 0 Å². The van der Waals surface area contributed by atoms with Gasteiger partial charge in [0.05, 0.1) is 10.8 Å². The summed E-state index contributed by atoms with van der Waals surface area (Å²) < 4.78 is 0. The van der Waals surface area contributed by atoms with Crippen LogP contribution in [-0.4, -0.2) is 0 Å². The molecule has 0 nitrogen and oxygen atoms in total. The standard InChI is InChI=1S/C76H54/c1-74(2,3)61-44-55-32-31-49-33-38-62(67-42-37-56(45-61)72(55)73(49)67)54-20-18-19-50(43-54)51-34-40-65-66-41-36-53(48-71(66)76(70(65)46-51,59-25-12-6-13-26-59)60-27-14-7-15-28-60)52-35-39-64-63-29-16-17-30-68(63)75(69(64)47-52,57-21-8-4-9-22-57)58-23-10-5-11-24-58/h4-48H,1-3H3. The number of hydrogen-bond acceptors (Lipinski definition) is 0. The van der Waals surface area contributed by atoms with E-state index in [1.54, 1.807) is 0 Å².